The van der Waals surface area contributed by atoms with Gasteiger partial charge < -0.3 is 0 Å². The second-order valence-electron chi connectivity index (χ2n) is 5.04. The molecule has 3 heteroatoms. The third-order valence-corrected chi connectivity index (χ3v) is 4.03. The molecule has 0 amide bonds. The zero-order chi connectivity index (χ0) is 13.2. The van der Waals surface area contributed by atoms with E-state index in [1.165, 1.54) is 5.56 Å². The SMILES string of the molecule is O=[N+]([O-])C1CC(c2ccccc2)C1c1ccccc1. The Kier molecular flexibility index (Phi) is 3.03. The van der Waals surface area contributed by atoms with Crippen LogP contribution in [0, 0.1) is 10.1 Å². The summed E-state index contributed by atoms with van der Waals surface area (Å²) >= 11 is 0. The summed E-state index contributed by atoms with van der Waals surface area (Å²) in [6.45, 7) is 0. The highest BCUT2D eigenvalue weighted by Crippen LogP contribution is 2.50. The largest absolute Gasteiger partial charge is 0.264 e. The van der Waals surface area contributed by atoms with Gasteiger partial charge in [0, 0.05) is 17.3 Å². The maximum absolute atomic E-state index is 11.1. The van der Waals surface area contributed by atoms with Gasteiger partial charge in [-0.05, 0) is 11.1 Å². The summed E-state index contributed by atoms with van der Waals surface area (Å²) in [7, 11) is 0. The summed E-state index contributed by atoms with van der Waals surface area (Å²) in [6.07, 6.45) is 0.635. The number of benzene rings is 2. The maximum Gasteiger partial charge on any atom is 0.221 e. The molecular weight excluding hydrogens is 238 g/mol. The van der Waals surface area contributed by atoms with E-state index in [4.69, 9.17) is 0 Å². The van der Waals surface area contributed by atoms with Crippen LogP contribution in [0.25, 0.3) is 0 Å². The minimum Gasteiger partial charge on any atom is -0.264 e. The van der Waals surface area contributed by atoms with E-state index in [-0.39, 0.29) is 16.8 Å². The number of nitro groups is 1. The van der Waals surface area contributed by atoms with Crippen molar-refractivity contribution in [1.82, 2.24) is 0 Å². The lowest BCUT2D eigenvalue weighted by Crippen LogP contribution is -2.43. The molecule has 3 nitrogen and oxygen atoms in total. The van der Waals surface area contributed by atoms with Crippen molar-refractivity contribution >= 4 is 0 Å². The van der Waals surface area contributed by atoms with Gasteiger partial charge in [0.1, 0.15) is 0 Å². The quantitative estimate of drug-likeness (QED) is 0.619. The van der Waals surface area contributed by atoms with Gasteiger partial charge in [0.2, 0.25) is 6.04 Å². The molecule has 0 aliphatic heterocycles. The number of rotatable bonds is 3. The van der Waals surface area contributed by atoms with Gasteiger partial charge in [-0.3, -0.25) is 10.1 Å². The smallest absolute Gasteiger partial charge is 0.221 e. The molecule has 96 valence electrons. The molecule has 0 spiro atoms. The molecule has 3 unspecified atom stereocenters. The first-order chi connectivity index (χ1) is 9.27. The topological polar surface area (TPSA) is 43.1 Å². The Labute approximate surface area is 112 Å². The van der Waals surface area contributed by atoms with Crippen molar-refractivity contribution in [3.8, 4) is 0 Å². The molecule has 2 aromatic carbocycles. The summed E-state index contributed by atoms with van der Waals surface area (Å²) in [5.41, 5.74) is 2.28. The lowest BCUT2D eigenvalue weighted by Gasteiger charge is -2.39. The van der Waals surface area contributed by atoms with Crippen LogP contribution in [0.2, 0.25) is 0 Å². The van der Waals surface area contributed by atoms with Crippen LogP contribution in [-0.4, -0.2) is 11.0 Å². The van der Waals surface area contributed by atoms with E-state index in [1.807, 2.05) is 48.5 Å². The molecule has 0 heterocycles. The third kappa shape index (κ3) is 2.12. The predicted octanol–water partition coefficient (Wildman–Crippen LogP) is 3.60. The zero-order valence-electron chi connectivity index (χ0n) is 10.5. The Morgan fingerprint density at radius 2 is 1.42 bits per heavy atom. The highest BCUT2D eigenvalue weighted by atomic mass is 16.6. The highest BCUT2D eigenvalue weighted by molar-refractivity contribution is 5.34. The monoisotopic (exact) mass is 253 g/mol. The molecule has 3 atom stereocenters. The van der Waals surface area contributed by atoms with E-state index in [0.717, 1.165) is 5.56 Å². The molecule has 0 aromatic heterocycles. The van der Waals surface area contributed by atoms with Crippen LogP contribution in [0.3, 0.4) is 0 Å². The Balaban J connectivity index is 1.93. The highest BCUT2D eigenvalue weighted by Gasteiger charge is 2.50. The molecule has 0 bridgehead atoms. The zero-order valence-corrected chi connectivity index (χ0v) is 10.5. The Bertz CT molecular complexity index is 568. The van der Waals surface area contributed by atoms with Crippen molar-refractivity contribution in [3.63, 3.8) is 0 Å². The molecular formula is C16H15NO2. The van der Waals surface area contributed by atoms with Crippen molar-refractivity contribution in [2.75, 3.05) is 0 Å². The van der Waals surface area contributed by atoms with Gasteiger partial charge in [-0.15, -0.1) is 0 Å². The minimum absolute atomic E-state index is 0.00130. The van der Waals surface area contributed by atoms with Gasteiger partial charge in [0.15, 0.2) is 0 Å². The molecule has 1 saturated carbocycles. The first-order valence-corrected chi connectivity index (χ1v) is 6.51. The van der Waals surface area contributed by atoms with Crippen molar-refractivity contribution in [1.29, 1.82) is 0 Å². The van der Waals surface area contributed by atoms with Crippen LogP contribution in [-0.2, 0) is 0 Å². The average Bonchev–Trinajstić information content (AvgIpc) is 2.39. The van der Waals surface area contributed by atoms with E-state index >= 15 is 0 Å². The second-order valence-corrected chi connectivity index (χ2v) is 5.04. The first kappa shape index (κ1) is 11.9. The summed E-state index contributed by atoms with van der Waals surface area (Å²) in [4.78, 5) is 11.0. The Morgan fingerprint density at radius 1 is 0.895 bits per heavy atom. The lowest BCUT2D eigenvalue weighted by molar-refractivity contribution is -0.542. The average molecular weight is 253 g/mol. The fourth-order valence-corrected chi connectivity index (χ4v) is 3.02. The van der Waals surface area contributed by atoms with Gasteiger partial charge in [-0.1, -0.05) is 60.7 Å². The van der Waals surface area contributed by atoms with Gasteiger partial charge in [0.25, 0.3) is 0 Å². The number of hydrogen-bond donors (Lipinski definition) is 0. The Hall–Kier alpha value is -2.16. The minimum atomic E-state index is -0.451. The van der Waals surface area contributed by atoms with Crippen molar-refractivity contribution in [2.45, 2.75) is 24.3 Å². The summed E-state index contributed by atoms with van der Waals surface area (Å²) in [5.74, 6) is 0.262. The number of hydrogen-bond acceptors (Lipinski definition) is 2. The second kappa shape index (κ2) is 4.84. The van der Waals surface area contributed by atoms with Crippen molar-refractivity contribution < 1.29 is 4.92 Å². The van der Waals surface area contributed by atoms with Gasteiger partial charge in [-0.25, -0.2) is 0 Å². The molecule has 1 aliphatic rings. The third-order valence-electron chi connectivity index (χ3n) is 4.03. The normalized spacial score (nSPS) is 25.6. The van der Waals surface area contributed by atoms with E-state index in [1.54, 1.807) is 0 Å². The van der Waals surface area contributed by atoms with Crippen LogP contribution in [0.4, 0.5) is 0 Å². The van der Waals surface area contributed by atoms with E-state index < -0.39 is 6.04 Å². The predicted molar refractivity (Wildman–Crippen MR) is 73.8 cm³/mol. The van der Waals surface area contributed by atoms with Crippen LogP contribution >= 0.6 is 0 Å². The van der Waals surface area contributed by atoms with Crippen molar-refractivity contribution in [2.24, 2.45) is 0 Å². The fourth-order valence-electron chi connectivity index (χ4n) is 3.02. The van der Waals surface area contributed by atoms with Gasteiger partial charge in [0.05, 0.1) is 5.92 Å². The van der Waals surface area contributed by atoms with Crippen LogP contribution in [0.1, 0.15) is 29.4 Å². The van der Waals surface area contributed by atoms with Crippen molar-refractivity contribution in [3.05, 3.63) is 81.9 Å². The molecule has 1 aliphatic carbocycles. The molecule has 0 N–H and O–H groups in total. The van der Waals surface area contributed by atoms with Gasteiger partial charge >= 0.3 is 0 Å². The maximum atomic E-state index is 11.1. The van der Waals surface area contributed by atoms with Crippen LogP contribution in [0.15, 0.2) is 60.7 Å². The molecule has 2 aromatic rings. The number of nitrogens with zero attached hydrogens (tertiary/aromatic N) is 1. The fraction of sp³-hybridized carbons (Fsp3) is 0.250. The van der Waals surface area contributed by atoms with Crippen LogP contribution < -0.4 is 0 Å². The molecule has 0 saturated heterocycles. The van der Waals surface area contributed by atoms with E-state index in [9.17, 15) is 10.1 Å². The Morgan fingerprint density at radius 3 is 1.95 bits per heavy atom. The first-order valence-electron chi connectivity index (χ1n) is 6.51. The summed E-state index contributed by atoms with van der Waals surface area (Å²) < 4.78 is 0. The van der Waals surface area contributed by atoms with E-state index in [2.05, 4.69) is 12.1 Å². The standard InChI is InChI=1S/C16H15NO2/c18-17(19)15-11-14(12-7-3-1-4-8-12)16(15)13-9-5-2-6-10-13/h1-10,14-16H,11H2. The molecule has 0 radical (unpaired) electrons. The summed E-state index contributed by atoms with van der Waals surface area (Å²) in [6, 6.07) is 19.5. The molecule has 1 fully saturated rings. The lowest BCUT2D eigenvalue weighted by atomic mass is 9.63. The summed E-state index contributed by atoms with van der Waals surface area (Å²) in [5, 5.41) is 11.1. The molecule has 3 rings (SSSR count). The van der Waals surface area contributed by atoms with Gasteiger partial charge in [-0.2, -0.15) is 0 Å². The van der Waals surface area contributed by atoms with Crippen LogP contribution in [0.5, 0.6) is 0 Å². The van der Waals surface area contributed by atoms with E-state index in [0.29, 0.717) is 6.42 Å². The molecule has 19 heavy (non-hydrogen) atoms.